The number of pyridine rings is 1. The van der Waals surface area contributed by atoms with Gasteiger partial charge in [0, 0.05) is 30.9 Å². The van der Waals surface area contributed by atoms with Crippen LogP contribution in [-0.2, 0) is 7.05 Å². The summed E-state index contributed by atoms with van der Waals surface area (Å²) in [7, 11) is 1.55. The predicted molar refractivity (Wildman–Crippen MR) is 96.8 cm³/mol. The molecule has 0 saturated heterocycles. The molecule has 3 aromatic rings. The molecule has 0 spiro atoms. The number of nitrogens with zero attached hydrogens (tertiary/aromatic N) is 3. The van der Waals surface area contributed by atoms with Crippen LogP contribution in [-0.4, -0.2) is 25.6 Å². The number of aryl methyl sites for hydroxylation is 2. The Balaban J connectivity index is 1.77. The molecule has 0 bridgehead atoms. The monoisotopic (exact) mass is 356 g/mol. The summed E-state index contributed by atoms with van der Waals surface area (Å²) in [6.45, 7) is 1.81. The minimum absolute atomic E-state index is 0.187. The minimum Gasteiger partial charge on any atom is -0.474 e. The van der Waals surface area contributed by atoms with Crippen LogP contribution in [0.4, 0.5) is 4.39 Å². The number of halogens is 1. The average molecular weight is 356 g/mol. The van der Waals surface area contributed by atoms with E-state index < -0.39 is 11.4 Å². The first kappa shape index (κ1) is 16.8. The zero-order valence-electron chi connectivity index (χ0n) is 14.9. The second-order valence-corrected chi connectivity index (χ2v) is 6.84. The van der Waals surface area contributed by atoms with Crippen LogP contribution in [0.15, 0.2) is 23.1 Å². The molecule has 4 rings (SSSR count). The van der Waals surface area contributed by atoms with Crippen LogP contribution >= 0.6 is 0 Å². The Morgan fingerprint density at radius 1 is 1.23 bits per heavy atom. The molecule has 0 aliphatic heterocycles. The van der Waals surface area contributed by atoms with Gasteiger partial charge in [-0.1, -0.05) is 6.42 Å². The second-order valence-electron chi connectivity index (χ2n) is 6.84. The zero-order chi connectivity index (χ0) is 18.3. The number of fused-ring (bicyclic) bond motifs is 1. The summed E-state index contributed by atoms with van der Waals surface area (Å²) < 4.78 is 21.1. The fourth-order valence-corrected chi connectivity index (χ4v) is 3.64. The number of rotatable bonds is 3. The molecule has 0 amide bonds. The van der Waals surface area contributed by atoms with Crippen molar-refractivity contribution in [2.45, 2.75) is 45.1 Å². The molecule has 3 heterocycles. The van der Waals surface area contributed by atoms with Crippen LogP contribution in [0, 0.1) is 12.7 Å². The average Bonchev–Trinajstić information content (AvgIpc) is 3.04. The molecule has 7 heteroatoms. The van der Waals surface area contributed by atoms with Crippen LogP contribution in [0.3, 0.4) is 0 Å². The Bertz CT molecular complexity index is 1020. The van der Waals surface area contributed by atoms with E-state index in [1.54, 1.807) is 19.3 Å². The maximum atomic E-state index is 13.7. The Kier molecular flexibility index (Phi) is 4.22. The number of aromatic amines is 1. The van der Waals surface area contributed by atoms with Gasteiger partial charge in [-0.3, -0.25) is 4.79 Å². The van der Waals surface area contributed by atoms with Crippen molar-refractivity contribution >= 4 is 11.0 Å². The van der Waals surface area contributed by atoms with Crippen molar-refractivity contribution in [1.82, 2.24) is 19.5 Å². The summed E-state index contributed by atoms with van der Waals surface area (Å²) >= 11 is 0. The van der Waals surface area contributed by atoms with Crippen LogP contribution in [0.2, 0.25) is 0 Å². The Hall–Kier alpha value is -2.70. The van der Waals surface area contributed by atoms with Gasteiger partial charge in [0.05, 0.1) is 16.7 Å². The molecule has 6 nitrogen and oxygen atoms in total. The quantitative estimate of drug-likeness (QED) is 0.780. The van der Waals surface area contributed by atoms with Crippen molar-refractivity contribution in [1.29, 1.82) is 0 Å². The number of H-pyrrole nitrogens is 1. The van der Waals surface area contributed by atoms with E-state index in [0.29, 0.717) is 28.4 Å². The van der Waals surface area contributed by atoms with Gasteiger partial charge in [0.15, 0.2) is 5.82 Å². The van der Waals surface area contributed by atoms with Crippen LogP contribution in [0.5, 0.6) is 5.88 Å². The van der Waals surface area contributed by atoms with E-state index in [1.807, 2.05) is 6.92 Å². The summed E-state index contributed by atoms with van der Waals surface area (Å²) in [6.07, 6.45) is 7.62. The van der Waals surface area contributed by atoms with Crippen molar-refractivity contribution < 1.29 is 9.13 Å². The van der Waals surface area contributed by atoms with Gasteiger partial charge in [0.25, 0.3) is 5.56 Å². The molecular weight excluding hydrogens is 335 g/mol. The van der Waals surface area contributed by atoms with Crippen LogP contribution < -0.4 is 10.3 Å². The normalized spacial score (nSPS) is 15.5. The number of hydrogen-bond acceptors (Lipinski definition) is 4. The number of hydrogen-bond donors (Lipinski definition) is 1. The van der Waals surface area contributed by atoms with E-state index in [-0.39, 0.29) is 6.10 Å². The fourth-order valence-electron chi connectivity index (χ4n) is 3.64. The van der Waals surface area contributed by atoms with Crippen molar-refractivity contribution in [3.63, 3.8) is 0 Å². The number of nitrogens with one attached hydrogen (secondary N) is 1. The van der Waals surface area contributed by atoms with E-state index >= 15 is 0 Å². The Labute approximate surface area is 150 Å². The largest absolute Gasteiger partial charge is 0.474 e. The summed E-state index contributed by atoms with van der Waals surface area (Å²) in [4.78, 5) is 23.9. The molecular formula is C19H21FN4O2. The lowest BCUT2D eigenvalue weighted by Gasteiger charge is -2.22. The standard InChI is InChI=1S/C19H21FN4O2/c1-11-22-15(9-17(23-11)26-12-6-4-3-5-7-12)13-10-21-16-8-14(20)19(25)24(2)18(13)16/h8-10,12,21H,3-7H2,1-2H3. The van der Waals surface area contributed by atoms with E-state index in [4.69, 9.17) is 4.74 Å². The highest BCUT2D eigenvalue weighted by molar-refractivity contribution is 5.91. The molecule has 0 atom stereocenters. The summed E-state index contributed by atoms with van der Waals surface area (Å²) in [5.41, 5.74) is 1.86. The first-order valence-electron chi connectivity index (χ1n) is 8.92. The third-order valence-corrected chi connectivity index (χ3v) is 4.93. The molecule has 1 fully saturated rings. The first-order chi connectivity index (χ1) is 12.5. The highest BCUT2D eigenvalue weighted by Crippen LogP contribution is 2.29. The van der Waals surface area contributed by atoms with E-state index in [2.05, 4.69) is 15.0 Å². The lowest BCUT2D eigenvalue weighted by Crippen LogP contribution is -2.20. The maximum absolute atomic E-state index is 13.7. The third-order valence-electron chi connectivity index (χ3n) is 4.93. The van der Waals surface area contributed by atoms with Gasteiger partial charge in [-0.15, -0.1) is 0 Å². The molecule has 1 aliphatic carbocycles. The van der Waals surface area contributed by atoms with Gasteiger partial charge < -0.3 is 14.3 Å². The minimum atomic E-state index is -0.784. The number of aromatic nitrogens is 4. The molecule has 0 aromatic carbocycles. The molecule has 0 unspecified atom stereocenters. The highest BCUT2D eigenvalue weighted by Gasteiger charge is 2.18. The highest BCUT2D eigenvalue weighted by atomic mass is 19.1. The number of ether oxygens (including phenoxy) is 1. The van der Waals surface area contributed by atoms with Gasteiger partial charge >= 0.3 is 0 Å². The fraction of sp³-hybridized carbons (Fsp3) is 0.421. The third kappa shape index (κ3) is 2.98. The molecule has 1 saturated carbocycles. The van der Waals surface area contributed by atoms with Crippen molar-refractivity contribution in [2.24, 2.45) is 7.05 Å². The first-order valence-corrected chi connectivity index (χ1v) is 8.92. The molecule has 3 aromatic heterocycles. The molecule has 26 heavy (non-hydrogen) atoms. The SMILES string of the molecule is Cc1nc(OC2CCCCC2)cc(-c2c[nH]c3cc(F)c(=O)n(C)c23)n1. The molecule has 1 N–H and O–H groups in total. The summed E-state index contributed by atoms with van der Waals surface area (Å²) in [5, 5.41) is 0. The zero-order valence-corrected chi connectivity index (χ0v) is 14.9. The van der Waals surface area contributed by atoms with E-state index in [9.17, 15) is 9.18 Å². The molecule has 136 valence electrons. The van der Waals surface area contributed by atoms with Crippen LogP contribution in [0.25, 0.3) is 22.3 Å². The van der Waals surface area contributed by atoms with Gasteiger partial charge in [-0.05, 0) is 32.6 Å². The van der Waals surface area contributed by atoms with Gasteiger partial charge in [-0.25, -0.2) is 9.37 Å². The Morgan fingerprint density at radius 2 is 2.00 bits per heavy atom. The Morgan fingerprint density at radius 3 is 2.77 bits per heavy atom. The molecule has 1 aliphatic rings. The van der Waals surface area contributed by atoms with Crippen molar-refractivity contribution in [3.05, 3.63) is 40.3 Å². The second kappa shape index (κ2) is 6.55. The lowest BCUT2D eigenvalue weighted by atomic mass is 9.98. The molecule has 0 radical (unpaired) electrons. The van der Waals surface area contributed by atoms with Gasteiger partial charge in [-0.2, -0.15) is 4.98 Å². The topological polar surface area (TPSA) is 72.8 Å². The maximum Gasteiger partial charge on any atom is 0.286 e. The van der Waals surface area contributed by atoms with Gasteiger partial charge in [0.2, 0.25) is 5.88 Å². The van der Waals surface area contributed by atoms with Crippen molar-refractivity contribution in [3.8, 4) is 17.1 Å². The van der Waals surface area contributed by atoms with Crippen molar-refractivity contribution in [2.75, 3.05) is 0 Å². The van der Waals surface area contributed by atoms with Gasteiger partial charge in [0.1, 0.15) is 11.9 Å². The lowest BCUT2D eigenvalue weighted by molar-refractivity contribution is 0.148. The summed E-state index contributed by atoms with van der Waals surface area (Å²) in [6, 6.07) is 3.01. The van der Waals surface area contributed by atoms with E-state index in [1.165, 1.54) is 29.9 Å². The summed E-state index contributed by atoms with van der Waals surface area (Å²) in [5.74, 6) is 0.351. The van der Waals surface area contributed by atoms with Crippen LogP contribution in [0.1, 0.15) is 37.9 Å². The predicted octanol–water partition coefficient (Wildman–Crippen LogP) is 3.48. The van der Waals surface area contributed by atoms with E-state index in [0.717, 1.165) is 18.4 Å². The smallest absolute Gasteiger partial charge is 0.286 e.